The van der Waals surface area contributed by atoms with E-state index in [0.29, 0.717) is 37.2 Å². The van der Waals surface area contributed by atoms with E-state index in [1.807, 2.05) is 18.2 Å². The van der Waals surface area contributed by atoms with Crippen LogP contribution < -0.4 is 9.47 Å². The summed E-state index contributed by atoms with van der Waals surface area (Å²) in [5.41, 5.74) is 1.08. The Labute approximate surface area is 168 Å². The Morgan fingerprint density at radius 1 is 1.11 bits per heavy atom. The van der Waals surface area contributed by atoms with E-state index < -0.39 is 16.0 Å². The Morgan fingerprint density at radius 2 is 1.82 bits per heavy atom. The van der Waals surface area contributed by atoms with Crippen LogP contribution in [0.1, 0.15) is 33.0 Å². The fourth-order valence-corrected chi connectivity index (χ4v) is 4.87. The van der Waals surface area contributed by atoms with Gasteiger partial charge < -0.3 is 14.6 Å². The van der Waals surface area contributed by atoms with Crippen LogP contribution in [0.2, 0.25) is 0 Å². The minimum atomic E-state index is -3.29. The lowest BCUT2D eigenvalue weighted by Crippen LogP contribution is -2.32. The van der Waals surface area contributed by atoms with Gasteiger partial charge in [0.25, 0.3) is 0 Å². The molecule has 3 rings (SSSR count). The van der Waals surface area contributed by atoms with Gasteiger partial charge in [-0.2, -0.15) is 0 Å². The lowest BCUT2D eigenvalue weighted by molar-refractivity contribution is 0.0702. The van der Waals surface area contributed by atoms with E-state index in [4.69, 9.17) is 14.6 Å². The van der Waals surface area contributed by atoms with Crippen molar-refractivity contribution in [2.75, 3.05) is 26.1 Å². The number of fused-ring (bicyclic) bond motifs is 1. The van der Waals surface area contributed by atoms with Gasteiger partial charge in [-0.25, -0.2) is 17.5 Å². The molecule has 1 aliphatic heterocycles. The first-order chi connectivity index (χ1) is 13.3. The van der Waals surface area contributed by atoms with Crippen molar-refractivity contribution in [3.05, 3.63) is 45.6 Å². The minimum Gasteiger partial charge on any atom is -0.477 e. The molecule has 28 heavy (non-hydrogen) atoms. The maximum absolute atomic E-state index is 12.1. The van der Waals surface area contributed by atoms with Gasteiger partial charge in [0.2, 0.25) is 16.8 Å². The zero-order valence-electron chi connectivity index (χ0n) is 15.6. The molecular weight excluding hydrogens is 402 g/mol. The predicted molar refractivity (Wildman–Crippen MR) is 107 cm³/mol. The van der Waals surface area contributed by atoms with Crippen molar-refractivity contribution in [3.8, 4) is 11.5 Å². The molecule has 1 aromatic carbocycles. The third-order valence-corrected chi connectivity index (χ3v) is 6.92. The Morgan fingerprint density at radius 3 is 2.50 bits per heavy atom. The number of rotatable bonds is 10. The van der Waals surface area contributed by atoms with Gasteiger partial charge in [-0.1, -0.05) is 6.07 Å². The second kappa shape index (κ2) is 8.93. The van der Waals surface area contributed by atoms with Gasteiger partial charge in [0.15, 0.2) is 11.5 Å². The fourth-order valence-electron chi connectivity index (χ4n) is 3.06. The highest BCUT2D eigenvalue weighted by atomic mass is 32.2. The molecule has 0 bridgehead atoms. The average Bonchev–Trinajstić information content (AvgIpc) is 3.28. The standard InChI is InChI=1S/C19H23NO6S2/c1-28(23,24)20(11-3-5-15-7-9-18(27-15)19(21)22)10-2-4-14-6-8-16-17(12-14)26-13-25-16/h6-9,12H,2-5,10-11,13H2,1H3,(H,21,22). The Bertz CT molecular complexity index is 938. The highest BCUT2D eigenvalue weighted by Crippen LogP contribution is 2.32. The molecule has 7 nitrogen and oxygen atoms in total. The van der Waals surface area contributed by atoms with Crippen LogP contribution in [-0.2, 0) is 22.9 Å². The van der Waals surface area contributed by atoms with Crippen molar-refractivity contribution < 1.29 is 27.8 Å². The van der Waals surface area contributed by atoms with Crippen LogP contribution >= 0.6 is 11.3 Å². The van der Waals surface area contributed by atoms with E-state index in [1.165, 1.54) is 21.9 Å². The van der Waals surface area contributed by atoms with Crippen LogP contribution in [0.25, 0.3) is 0 Å². The first-order valence-corrected chi connectivity index (χ1v) is 11.6. The number of ether oxygens (including phenoxy) is 2. The molecule has 1 aliphatic rings. The molecule has 0 saturated heterocycles. The molecule has 0 spiro atoms. The van der Waals surface area contributed by atoms with Crippen LogP contribution in [0.5, 0.6) is 11.5 Å². The summed E-state index contributed by atoms with van der Waals surface area (Å²) < 4.78 is 36.3. The molecule has 0 radical (unpaired) electrons. The molecule has 0 amide bonds. The summed E-state index contributed by atoms with van der Waals surface area (Å²) in [6.45, 7) is 1.09. The van der Waals surface area contributed by atoms with E-state index in [0.717, 1.165) is 28.4 Å². The number of aromatic carboxylic acids is 1. The summed E-state index contributed by atoms with van der Waals surface area (Å²) in [4.78, 5) is 12.2. The number of sulfonamides is 1. The number of carboxylic acids is 1. The zero-order chi connectivity index (χ0) is 20.1. The Hall–Kier alpha value is -2.10. The normalized spacial score (nSPS) is 13.2. The number of thiophene rings is 1. The molecular formula is C19H23NO6S2. The summed E-state index contributed by atoms with van der Waals surface area (Å²) in [6.07, 6.45) is 3.98. The number of aryl methyl sites for hydroxylation is 2. The highest BCUT2D eigenvalue weighted by molar-refractivity contribution is 7.88. The van der Waals surface area contributed by atoms with Crippen LogP contribution in [0.3, 0.4) is 0 Å². The number of hydrogen-bond acceptors (Lipinski definition) is 6. The zero-order valence-corrected chi connectivity index (χ0v) is 17.2. The summed E-state index contributed by atoms with van der Waals surface area (Å²) in [5.74, 6) is 0.535. The second-order valence-electron chi connectivity index (χ2n) is 6.63. The van der Waals surface area contributed by atoms with Gasteiger partial charge in [0.05, 0.1) is 6.26 Å². The lowest BCUT2D eigenvalue weighted by atomic mass is 10.1. The molecule has 1 aromatic heterocycles. The molecule has 1 N–H and O–H groups in total. The molecule has 0 unspecified atom stereocenters. The largest absolute Gasteiger partial charge is 0.477 e. The topological polar surface area (TPSA) is 93.1 Å². The maximum Gasteiger partial charge on any atom is 0.345 e. The fraction of sp³-hybridized carbons (Fsp3) is 0.421. The van der Waals surface area contributed by atoms with Gasteiger partial charge >= 0.3 is 5.97 Å². The molecule has 0 aliphatic carbocycles. The van der Waals surface area contributed by atoms with Crippen LogP contribution in [0.4, 0.5) is 0 Å². The SMILES string of the molecule is CS(=O)(=O)N(CCCc1ccc2c(c1)OCO2)CCCc1ccc(C(=O)O)s1. The lowest BCUT2D eigenvalue weighted by Gasteiger charge is -2.19. The van der Waals surface area contributed by atoms with Gasteiger partial charge in [-0.3, -0.25) is 0 Å². The molecule has 2 heterocycles. The summed E-state index contributed by atoms with van der Waals surface area (Å²) >= 11 is 1.24. The number of nitrogens with zero attached hydrogens (tertiary/aromatic N) is 1. The second-order valence-corrected chi connectivity index (χ2v) is 9.78. The van der Waals surface area contributed by atoms with Gasteiger partial charge in [-0.15, -0.1) is 11.3 Å². The minimum absolute atomic E-state index is 0.235. The first kappa shape index (κ1) is 20.6. The predicted octanol–water partition coefficient (Wildman–Crippen LogP) is 3.00. The molecule has 0 saturated carbocycles. The quantitative estimate of drug-likeness (QED) is 0.629. The van der Waals surface area contributed by atoms with Crippen molar-refractivity contribution >= 4 is 27.3 Å². The van der Waals surface area contributed by atoms with Crippen molar-refractivity contribution in [1.29, 1.82) is 0 Å². The third kappa shape index (κ3) is 5.46. The number of benzene rings is 1. The maximum atomic E-state index is 12.1. The molecule has 9 heteroatoms. The van der Waals surface area contributed by atoms with Crippen molar-refractivity contribution in [3.63, 3.8) is 0 Å². The molecule has 0 atom stereocenters. The Balaban J connectivity index is 1.49. The summed E-state index contributed by atoms with van der Waals surface area (Å²) in [5, 5.41) is 8.97. The van der Waals surface area contributed by atoms with Crippen molar-refractivity contribution in [1.82, 2.24) is 4.31 Å². The van der Waals surface area contributed by atoms with Crippen molar-refractivity contribution in [2.24, 2.45) is 0 Å². The van der Waals surface area contributed by atoms with E-state index in [2.05, 4.69) is 0 Å². The van der Waals surface area contributed by atoms with Crippen LogP contribution in [0, 0.1) is 0 Å². The van der Waals surface area contributed by atoms with E-state index in [1.54, 1.807) is 12.1 Å². The van der Waals surface area contributed by atoms with E-state index in [-0.39, 0.29) is 6.79 Å². The van der Waals surface area contributed by atoms with Gasteiger partial charge in [0, 0.05) is 18.0 Å². The van der Waals surface area contributed by atoms with Crippen LogP contribution in [-0.4, -0.2) is 49.9 Å². The number of hydrogen-bond donors (Lipinski definition) is 1. The third-order valence-electron chi connectivity index (χ3n) is 4.48. The molecule has 2 aromatic rings. The Kier molecular flexibility index (Phi) is 6.58. The number of carbonyl (C=O) groups is 1. The summed E-state index contributed by atoms with van der Waals surface area (Å²) in [7, 11) is -3.29. The van der Waals surface area contributed by atoms with Crippen molar-refractivity contribution in [2.45, 2.75) is 25.7 Å². The van der Waals surface area contributed by atoms with E-state index in [9.17, 15) is 13.2 Å². The first-order valence-electron chi connectivity index (χ1n) is 8.98. The van der Waals surface area contributed by atoms with Crippen LogP contribution in [0.15, 0.2) is 30.3 Å². The smallest absolute Gasteiger partial charge is 0.345 e. The van der Waals surface area contributed by atoms with Gasteiger partial charge in [0.1, 0.15) is 4.88 Å². The highest BCUT2D eigenvalue weighted by Gasteiger charge is 2.17. The van der Waals surface area contributed by atoms with E-state index >= 15 is 0 Å². The molecule has 0 fully saturated rings. The van der Waals surface area contributed by atoms with Gasteiger partial charge in [-0.05, 0) is 55.5 Å². The average molecular weight is 426 g/mol. The molecule has 152 valence electrons. The summed E-state index contributed by atoms with van der Waals surface area (Å²) in [6, 6.07) is 9.15. The number of carboxylic acid groups (broad SMARTS) is 1. The monoisotopic (exact) mass is 425 g/mol.